The lowest BCUT2D eigenvalue weighted by Gasteiger charge is -2.26. The molecule has 0 aliphatic heterocycles. The van der Waals surface area contributed by atoms with Gasteiger partial charge in [0.15, 0.2) is 0 Å². The summed E-state index contributed by atoms with van der Waals surface area (Å²) in [5.41, 5.74) is 7.00. The summed E-state index contributed by atoms with van der Waals surface area (Å²) in [6.45, 7) is 4.23. The van der Waals surface area contributed by atoms with Crippen LogP contribution in [-0.2, 0) is 6.54 Å². The normalized spacial score (nSPS) is 22.6. The molecule has 1 aliphatic carbocycles. The van der Waals surface area contributed by atoms with Gasteiger partial charge in [-0.15, -0.1) is 0 Å². The summed E-state index contributed by atoms with van der Waals surface area (Å²) in [6.07, 6.45) is 6.83. The average molecular weight is 274 g/mol. The molecule has 3 N–H and O–H groups in total. The van der Waals surface area contributed by atoms with E-state index in [-0.39, 0.29) is 5.91 Å². The van der Waals surface area contributed by atoms with Crippen molar-refractivity contribution in [1.29, 1.82) is 0 Å². The lowest BCUT2D eigenvalue weighted by Crippen LogP contribution is -2.21. The number of primary amides is 1. The Balaban J connectivity index is 1.68. The second-order valence-electron chi connectivity index (χ2n) is 6.16. The quantitative estimate of drug-likeness (QED) is 0.783. The predicted octanol–water partition coefficient (Wildman–Crippen LogP) is 3.09. The summed E-state index contributed by atoms with van der Waals surface area (Å²) < 4.78 is 0. The highest BCUT2D eigenvalue weighted by Gasteiger charge is 2.17. The van der Waals surface area contributed by atoms with E-state index >= 15 is 0 Å². The van der Waals surface area contributed by atoms with E-state index in [0.29, 0.717) is 5.56 Å². The first-order valence-corrected chi connectivity index (χ1v) is 7.74. The lowest BCUT2D eigenvalue weighted by molar-refractivity contribution is 0.1000. The van der Waals surface area contributed by atoms with Crippen molar-refractivity contribution in [3.8, 4) is 0 Å². The molecule has 0 heterocycles. The molecule has 0 radical (unpaired) electrons. The third-order valence-corrected chi connectivity index (χ3v) is 4.41. The average Bonchev–Trinajstić information content (AvgIpc) is 2.46. The summed E-state index contributed by atoms with van der Waals surface area (Å²) in [4.78, 5) is 11.1. The molecule has 1 aromatic carbocycles. The molecule has 0 spiro atoms. The van der Waals surface area contributed by atoms with Gasteiger partial charge in [0.2, 0.25) is 5.91 Å². The van der Waals surface area contributed by atoms with E-state index < -0.39 is 0 Å². The highest BCUT2D eigenvalue weighted by molar-refractivity contribution is 5.92. The van der Waals surface area contributed by atoms with Crippen molar-refractivity contribution in [2.45, 2.75) is 45.6 Å². The van der Waals surface area contributed by atoms with Gasteiger partial charge in [0.25, 0.3) is 0 Å². The minimum atomic E-state index is -0.358. The van der Waals surface area contributed by atoms with Crippen LogP contribution >= 0.6 is 0 Å². The standard InChI is InChI=1S/C17H26N2O/c1-13-5-7-14(8-6-13)9-10-19-12-15-3-2-4-16(11-15)17(18)20/h2-4,11,13-14,19H,5-10,12H2,1H3,(H2,18,20). The lowest BCUT2D eigenvalue weighted by atomic mass is 9.81. The van der Waals surface area contributed by atoms with E-state index in [1.807, 2.05) is 18.2 Å². The summed E-state index contributed by atoms with van der Waals surface area (Å²) >= 11 is 0. The maximum Gasteiger partial charge on any atom is 0.248 e. The molecule has 0 saturated heterocycles. The molecule has 1 saturated carbocycles. The fraction of sp³-hybridized carbons (Fsp3) is 0.588. The van der Waals surface area contributed by atoms with Crippen LogP contribution in [-0.4, -0.2) is 12.5 Å². The van der Waals surface area contributed by atoms with Crippen LogP contribution in [0.15, 0.2) is 24.3 Å². The van der Waals surface area contributed by atoms with E-state index in [9.17, 15) is 4.79 Å². The van der Waals surface area contributed by atoms with Gasteiger partial charge in [-0.25, -0.2) is 0 Å². The van der Waals surface area contributed by atoms with Gasteiger partial charge in [-0.1, -0.05) is 44.7 Å². The molecule has 0 atom stereocenters. The van der Waals surface area contributed by atoms with Crippen LogP contribution in [0.2, 0.25) is 0 Å². The van der Waals surface area contributed by atoms with Crippen molar-refractivity contribution >= 4 is 5.91 Å². The first kappa shape index (κ1) is 15.0. The maximum absolute atomic E-state index is 11.1. The Bertz CT molecular complexity index is 436. The van der Waals surface area contributed by atoms with Gasteiger partial charge in [0.05, 0.1) is 0 Å². The molecular weight excluding hydrogens is 248 g/mol. The molecular formula is C17H26N2O. The summed E-state index contributed by atoms with van der Waals surface area (Å²) in [7, 11) is 0. The molecule has 0 unspecified atom stereocenters. The van der Waals surface area contributed by atoms with E-state index in [4.69, 9.17) is 5.73 Å². The van der Waals surface area contributed by atoms with Crippen LogP contribution in [0.3, 0.4) is 0 Å². The number of benzene rings is 1. The minimum absolute atomic E-state index is 0.358. The van der Waals surface area contributed by atoms with Crippen molar-refractivity contribution in [2.24, 2.45) is 17.6 Å². The summed E-state index contributed by atoms with van der Waals surface area (Å²) in [5, 5.41) is 3.47. The third-order valence-electron chi connectivity index (χ3n) is 4.41. The van der Waals surface area contributed by atoms with Gasteiger partial charge >= 0.3 is 0 Å². The second-order valence-corrected chi connectivity index (χ2v) is 6.16. The maximum atomic E-state index is 11.1. The van der Waals surface area contributed by atoms with E-state index in [1.54, 1.807) is 6.07 Å². The number of amides is 1. The number of hydrogen-bond acceptors (Lipinski definition) is 2. The number of nitrogens with one attached hydrogen (secondary N) is 1. The molecule has 20 heavy (non-hydrogen) atoms. The molecule has 1 aromatic rings. The van der Waals surface area contributed by atoms with Gasteiger partial charge < -0.3 is 11.1 Å². The van der Waals surface area contributed by atoms with Crippen LogP contribution in [0, 0.1) is 11.8 Å². The Morgan fingerprint density at radius 2 is 2.05 bits per heavy atom. The van der Waals surface area contributed by atoms with Crippen molar-refractivity contribution in [2.75, 3.05) is 6.54 Å². The Hall–Kier alpha value is -1.35. The van der Waals surface area contributed by atoms with Crippen molar-refractivity contribution in [3.63, 3.8) is 0 Å². The fourth-order valence-electron chi connectivity index (χ4n) is 2.99. The van der Waals surface area contributed by atoms with Crippen LogP contribution in [0.4, 0.5) is 0 Å². The molecule has 1 amide bonds. The topological polar surface area (TPSA) is 55.1 Å². The highest BCUT2D eigenvalue weighted by atomic mass is 16.1. The van der Waals surface area contributed by atoms with Gasteiger partial charge in [-0.05, 0) is 42.5 Å². The van der Waals surface area contributed by atoms with Gasteiger partial charge in [-0.2, -0.15) is 0 Å². The Labute approximate surface area is 121 Å². The molecule has 3 heteroatoms. The van der Waals surface area contributed by atoms with Crippen LogP contribution in [0.25, 0.3) is 0 Å². The van der Waals surface area contributed by atoms with Crippen LogP contribution < -0.4 is 11.1 Å². The Kier molecular flexibility index (Phi) is 5.60. The van der Waals surface area contributed by atoms with Crippen molar-refractivity contribution < 1.29 is 4.79 Å². The zero-order chi connectivity index (χ0) is 14.4. The smallest absolute Gasteiger partial charge is 0.248 e. The first-order valence-electron chi connectivity index (χ1n) is 7.74. The van der Waals surface area contributed by atoms with E-state index in [2.05, 4.69) is 12.2 Å². The summed E-state index contributed by atoms with van der Waals surface area (Å²) in [6, 6.07) is 7.55. The number of nitrogens with two attached hydrogens (primary N) is 1. The molecule has 0 aromatic heterocycles. The largest absolute Gasteiger partial charge is 0.366 e. The number of hydrogen-bond donors (Lipinski definition) is 2. The van der Waals surface area contributed by atoms with Crippen LogP contribution in [0.5, 0.6) is 0 Å². The minimum Gasteiger partial charge on any atom is -0.366 e. The highest BCUT2D eigenvalue weighted by Crippen LogP contribution is 2.29. The SMILES string of the molecule is CC1CCC(CCNCc2cccc(C(N)=O)c2)CC1. The Morgan fingerprint density at radius 1 is 1.30 bits per heavy atom. The number of carbonyl (C=O) groups is 1. The van der Waals surface area contributed by atoms with Gasteiger partial charge in [0, 0.05) is 12.1 Å². The molecule has 110 valence electrons. The van der Waals surface area contributed by atoms with E-state index in [1.165, 1.54) is 32.1 Å². The van der Waals surface area contributed by atoms with Gasteiger partial charge in [0.1, 0.15) is 0 Å². The molecule has 1 fully saturated rings. The molecule has 3 nitrogen and oxygen atoms in total. The van der Waals surface area contributed by atoms with E-state index in [0.717, 1.165) is 30.5 Å². The zero-order valence-corrected chi connectivity index (χ0v) is 12.4. The first-order chi connectivity index (χ1) is 9.65. The molecule has 0 bridgehead atoms. The predicted molar refractivity (Wildman–Crippen MR) is 82.4 cm³/mol. The third kappa shape index (κ3) is 4.64. The summed E-state index contributed by atoms with van der Waals surface area (Å²) in [5.74, 6) is 1.47. The number of rotatable bonds is 6. The van der Waals surface area contributed by atoms with Crippen molar-refractivity contribution in [1.82, 2.24) is 5.32 Å². The van der Waals surface area contributed by atoms with Gasteiger partial charge in [-0.3, -0.25) is 4.79 Å². The fourth-order valence-corrected chi connectivity index (χ4v) is 2.99. The monoisotopic (exact) mass is 274 g/mol. The number of carbonyl (C=O) groups excluding carboxylic acids is 1. The second kappa shape index (κ2) is 7.44. The van der Waals surface area contributed by atoms with Crippen LogP contribution in [0.1, 0.15) is 54.9 Å². The van der Waals surface area contributed by atoms with Crippen molar-refractivity contribution in [3.05, 3.63) is 35.4 Å². The molecule has 2 rings (SSSR count). The molecule has 1 aliphatic rings. The Morgan fingerprint density at radius 3 is 2.75 bits per heavy atom. The zero-order valence-electron chi connectivity index (χ0n) is 12.4.